The maximum Gasteiger partial charge on any atom is 0.243 e. The summed E-state index contributed by atoms with van der Waals surface area (Å²) in [5.74, 6) is 1.05. The van der Waals surface area contributed by atoms with E-state index >= 15 is 0 Å². The van der Waals surface area contributed by atoms with Crippen LogP contribution in [0.4, 0.5) is 0 Å². The molecule has 1 aromatic heterocycles. The van der Waals surface area contributed by atoms with Crippen molar-refractivity contribution < 1.29 is 9.53 Å². The molecule has 0 saturated carbocycles. The predicted octanol–water partition coefficient (Wildman–Crippen LogP) is 0.513. The van der Waals surface area contributed by atoms with Gasteiger partial charge in [0, 0.05) is 32.0 Å². The summed E-state index contributed by atoms with van der Waals surface area (Å²) in [7, 11) is 0. The average molecular weight is 292 g/mol. The number of fused-ring (bicyclic) bond motifs is 1. The molecule has 3 rings (SSSR count). The first-order chi connectivity index (χ1) is 10.2. The minimum absolute atomic E-state index is 0.173. The van der Waals surface area contributed by atoms with Gasteiger partial charge in [-0.1, -0.05) is 6.92 Å². The van der Waals surface area contributed by atoms with E-state index in [1.54, 1.807) is 6.20 Å². The minimum atomic E-state index is 0.173. The molecular weight excluding hydrogens is 268 g/mol. The summed E-state index contributed by atoms with van der Waals surface area (Å²) in [6.45, 7) is 8.86. The number of rotatable bonds is 3. The Morgan fingerprint density at radius 1 is 1.48 bits per heavy atom. The molecule has 2 saturated heterocycles. The van der Waals surface area contributed by atoms with E-state index in [1.165, 1.54) is 0 Å². The van der Waals surface area contributed by atoms with Gasteiger partial charge in [0.15, 0.2) is 0 Å². The zero-order valence-electron chi connectivity index (χ0n) is 12.9. The topological polar surface area (TPSA) is 50.6 Å². The Balaban J connectivity index is 1.70. The summed E-state index contributed by atoms with van der Waals surface area (Å²) in [4.78, 5) is 21.3. The zero-order chi connectivity index (χ0) is 14.8. The van der Waals surface area contributed by atoms with Crippen LogP contribution in [-0.4, -0.2) is 70.2 Å². The highest BCUT2D eigenvalue weighted by Crippen LogP contribution is 2.23. The van der Waals surface area contributed by atoms with Crippen LogP contribution in [0.2, 0.25) is 0 Å². The number of likely N-dealkylation sites (N-methyl/N-ethyl adjacent to an activating group) is 1. The lowest BCUT2D eigenvalue weighted by Crippen LogP contribution is -2.61. The van der Waals surface area contributed by atoms with Crippen molar-refractivity contribution in [1.82, 2.24) is 19.4 Å². The van der Waals surface area contributed by atoms with Gasteiger partial charge in [0.1, 0.15) is 12.4 Å². The van der Waals surface area contributed by atoms with Crippen molar-refractivity contribution in [2.45, 2.75) is 39.0 Å². The van der Waals surface area contributed by atoms with Crippen molar-refractivity contribution >= 4 is 5.91 Å². The van der Waals surface area contributed by atoms with Gasteiger partial charge in [-0.25, -0.2) is 4.98 Å². The van der Waals surface area contributed by atoms with Gasteiger partial charge in [0.05, 0.1) is 18.8 Å². The summed E-state index contributed by atoms with van der Waals surface area (Å²) in [6, 6.07) is 0.198. The van der Waals surface area contributed by atoms with Crippen LogP contribution < -0.4 is 0 Å². The van der Waals surface area contributed by atoms with Crippen molar-refractivity contribution in [2.24, 2.45) is 0 Å². The molecule has 2 aliphatic heterocycles. The molecule has 116 valence electrons. The zero-order valence-corrected chi connectivity index (χ0v) is 12.9. The molecule has 0 spiro atoms. The fraction of sp³-hybridized carbons (Fsp3) is 0.733. The highest BCUT2D eigenvalue weighted by atomic mass is 16.5. The van der Waals surface area contributed by atoms with Crippen molar-refractivity contribution in [3.8, 4) is 0 Å². The second-order valence-corrected chi connectivity index (χ2v) is 5.85. The summed E-state index contributed by atoms with van der Waals surface area (Å²) >= 11 is 0. The number of carbonyl (C=O) groups excluding carboxylic acids is 1. The number of likely N-dealkylation sites (tertiary alicyclic amines) is 1. The third kappa shape index (κ3) is 2.96. The highest BCUT2D eigenvalue weighted by molar-refractivity contribution is 5.76. The summed E-state index contributed by atoms with van der Waals surface area (Å²) in [6.07, 6.45) is 4.83. The summed E-state index contributed by atoms with van der Waals surface area (Å²) in [5.41, 5.74) is 0. The number of morpholine rings is 1. The number of amides is 1. The SMILES string of the molecule is CCN1CC[C@H]2OCCN(C(=O)Cn3ccnc3C)[C@H]2C1. The molecule has 0 aliphatic carbocycles. The van der Waals surface area contributed by atoms with Gasteiger partial charge in [-0.15, -0.1) is 0 Å². The van der Waals surface area contributed by atoms with Gasteiger partial charge < -0.3 is 19.1 Å². The number of hydrogen-bond acceptors (Lipinski definition) is 4. The van der Waals surface area contributed by atoms with Crippen molar-refractivity contribution in [3.05, 3.63) is 18.2 Å². The van der Waals surface area contributed by atoms with E-state index in [9.17, 15) is 4.79 Å². The lowest BCUT2D eigenvalue weighted by molar-refractivity contribution is -0.153. The molecule has 2 fully saturated rings. The molecule has 6 nitrogen and oxygen atoms in total. The first-order valence-electron chi connectivity index (χ1n) is 7.80. The van der Waals surface area contributed by atoms with E-state index < -0.39 is 0 Å². The Kier molecular flexibility index (Phi) is 4.26. The van der Waals surface area contributed by atoms with Crippen LogP contribution in [0.3, 0.4) is 0 Å². The number of carbonyl (C=O) groups is 1. The Hall–Kier alpha value is -1.40. The van der Waals surface area contributed by atoms with Gasteiger partial charge in [-0.2, -0.15) is 0 Å². The highest BCUT2D eigenvalue weighted by Gasteiger charge is 2.38. The van der Waals surface area contributed by atoms with Crippen LogP contribution in [0.25, 0.3) is 0 Å². The van der Waals surface area contributed by atoms with E-state index in [2.05, 4.69) is 16.8 Å². The van der Waals surface area contributed by atoms with Crippen LogP contribution in [0.15, 0.2) is 12.4 Å². The van der Waals surface area contributed by atoms with Crippen LogP contribution in [0, 0.1) is 6.92 Å². The number of nitrogens with zero attached hydrogens (tertiary/aromatic N) is 4. The van der Waals surface area contributed by atoms with Gasteiger partial charge in [-0.05, 0) is 19.9 Å². The number of hydrogen-bond donors (Lipinski definition) is 0. The smallest absolute Gasteiger partial charge is 0.243 e. The maximum absolute atomic E-state index is 12.7. The predicted molar refractivity (Wildman–Crippen MR) is 78.9 cm³/mol. The maximum atomic E-state index is 12.7. The Morgan fingerprint density at radius 2 is 2.33 bits per heavy atom. The largest absolute Gasteiger partial charge is 0.374 e. The van der Waals surface area contributed by atoms with Crippen LogP contribution in [-0.2, 0) is 16.1 Å². The number of piperidine rings is 1. The molecule has 3 heterocycles. The first-order valence-corrected chi connectivity index (χ1v) is 7.80. The molecule has 2 atom stereocenters. The van der Waals surface area contributed by atoms with Crippen LogP contribution in [0.5, 0.6) is 0 Å². The second-order valence-electron chi connectivity index (χ2n) is 5.85. The fourth-order valence-corrected chi connectivity index (χ4v) is 3.34. The third-order valence-electron chi connectivity index (χ3n) is 4.67. The Morgan fingerprint density at radius 3 is 3.05 bits per heavy atom. The lowest BCUT2D eigenvalue weighted by Gasteiger charge is -2.47. The quantitative estimate of drug-likeness (QED) is 0.815. The van der Waals surface area contributed by atoms with Gasteiger partial charge >= 0.3 is 0 Å². The van der Waals surface area contributed by atoms with E-state index in [0.717, 1.165) is 31.9 Å². The Labute approximate surface area is 125 Å². The van der Waals surface area contributed by atoms with Crippen molar-refractivity contribution in [2.75, 3.05) is 32.8 Å². The minimum Gasteiger partial charge on any atom is -0.374 e. The second kappa shape index (κ2) is 6.15. The van der Waals surface area contributed by atoms with E-state index in [1.807, 2.05) is 22.6 Å². The fourth-order valence-electron chi connectivity index (χ4n) is 3.34. The van der Waals surface area contributed by atoms with Gasteiger partial charge in [-0.3, -0.25) is 4.79 Å². The molecule has 6 heteroatoms. The van der Waals surface area contributed by atoms with E-state index in [-0.39, 0.29) is 18.1 Å². The van der Waals surface area contributed by atoms with Crippen molar-refractivity contribution in [1.29, 1.82) is 0 Å². The third-order valence-corrected chi connectivity index (χ3v) is 4.67. The van der Waals surface area contributed by atoms with Crippen LogP contribution in [0.1, 0.15) is 19.2 Å². The molecule has 2 aliphatic rings. The summed E-state index contributed by atoms with van der Waals surface area (Å²) < 4.78 is 7.78. The van der Waals surface area contributed by atoms with Gasteiger partial charge in [0.25, 0.3) is 0 Å². The molecule has 0 N–H and O–H groups in total. The lowest BCUT2D eigenvalue weighted by atomic mass is 9.98. The molecule has 21 heavy (non-hydrogen) atoms. The first kappa shape index (κ1) is 14.5. The van der Waals surface area contributed by atoms with Gasteiger partial charge in [0.2, 0.25) is 5.91 Å². The van der Waals surface area contributed by atoms with E-state index in [4.69, 9.17) is 4.74 Å². The number of aromatic nitrogens is 2. The molecule has 1 aromatic rings. The molecule has 0 unspecified atom stereocenters. The average Bonchev–Trinajstić information content (AvgIpc) is 2.91. The molecule has 0 radical (unpaired) electrons. The molecule has 0 aromatic carbocycles. The Bertz CT molecular complexity index is 502. The molecule has 0 bridgehead atoms. The molecular formula is C15H24N4O2. The number of ether oxygens (including phenoxy) is 1. The standard InChI is InChI=1S/C15H24N4O2/c1-3-17-6-4-14-13(10-17)19(8-9-21-14)15(20)11-18-7-5-16-12(18)2/h5,7,13-14H,3-4,6,8-11H2,1-2H3/t13-,14+/m0/s1. The summed E-state index contributed by atoms with van der Waals surface area (Å²) in [5, 5.41) is 0. The van der Waals surface area contributed by atoms with Crippen molar-refractivity contribution in [3.63, 3.8) is 0 Å². The molecule has 1 amide bonds. The van der Waals surface area contributed by atoms with Crippen LogP contribution >= 0.6 is 0 Å². The normalized spacial score (nSPS) is 26.7. The monoisotopic (exact) mass is 292 g/mol. The van der Waals surface area contributed by atoms with E-state index in [0.29, 0.717) is 19.7 Å². The number of imidazole rings is 1. The number of aryl methyl sites for hydroxylation is 1.